The summed E-state index contributed by atoms with van der Waals surface area (Å²) >= 11 is 0. The number of rotatable bonds is 2. The van der Waals surface area contributed by atoms with Crippen LogP contribution in [0.2, 0.25) is 0 Å². The van der Waals surface area contributed by atoms with Crippen LogP contribution in [0.1, 0.15) is 12.5 Å². The minimum atomic E-state index is 0.672. The zero-order valence-electron chi connectivity index (χ0n) is 8.45. The van der Waals surface area contributed by atoms with E-state index in [2.05, 4.69) is 30.1 Å². The van der Waals surface area contributed by atoms with E-state index in [0.717, 1.165) is 6.42 Å². The zero-order chi connectivity index (χ0) is 9.97. The fraction of sp³-hybridized carbons (Fsp3) is 0.250. The predicted octanol–water partition coefficient (Wildman–Crippen LogP) is 2.81. The van der Waals surface area contributed by atoms with Crippen molar-refractivity contribution in [2.24, 2.45) is 0 Å². The first-order chi connectivity index (χ1) is 6.85. The lowest BCUT2D eigenvalue weighted by Crippen LogP contribution is -1.89. The maximum Gasteiger partial charge on any atom is 0.213 e. The van der Waals surface area contributed by atoms with Crippen LogP contribution in [0, 0.1) is 0 Å². The molecule has 2 nitrogen and oxygen atoms in total. The Balaban J connectivity index is 2.67. The Kier molecular flexibility index (Phi) is 2.35. The molecular formula is C12H13NO. The van der Waals surface area contributed by atoms with Crippen LogP contribution in [0.5, 0.6) is 5.88 Å². The molecule has 14 heavy (non-hydrogen) atoms. The highest BCUT2D eigenvalue weighted by Gasteiger charge is 2.00. The molecule has 1 heterocycles. The third-order valence-corrected chi connectivity index (χ3v) is 2.42. The van der Waals surface area contributed by atoms with Gasteiger partial charge in [0, 0.05) is 17.6 Å². The molecule has 1 aromatic carbocycles. The maximum atomic E-state index is 5.08. The van der Waals surface area contributed by atoms with Crippen LogP contribution in [-0.2, 0) is 6.42 Å². The van der Waals surface area contributed by atoms with Gasteiger partial charge in [-0.1, -0.05) is 25.1 Å². The molecule has 2 rings (SSSR count). The van der Waals surface area contributed by atoms with Gasteiger partial charge in [-0.25, -0.2) is 4.98 Å². The lowest BCUT2D eigenvalue weighted by molar-refractivity contribution is 0.399. The minimum Gasteiger partial charge on any atom is -0.481 e. The van der Waals surface area contributed by atoms with Gasteiger partial charge in [-0.05, 0) is 17.4 Å². The van der Waals surface area contributed by atoms with Gasteiger partial charge in [0.15, 0.2) is 0 Å². The highest BCUT2D eigenvalue weighted by molar-refractivity contribution is 5.85. The first-order valence-electron chi connectivity index (χ1n) is 4.76. The molecule has 0 fully saturated rings. The monoisotopic (exact) mass is 187 g/mol. The van der Waals surface area contributed by atoms with E-state index in [9.17, 15) is 0 Å². The van der Waals surface area contributed by atoms with Gasteiger partial charge in [-0.2, -0.15) is 0 Å². The first-order valence-corrected chi connectivity index (χ1v) is 4.76. The number of benzene rings is 1. The van der Waals surface area contributed by atoms with Crippen LogP contribution in [-0.4, -0.2) is 12.1 Å². The van der Waals surface area contributed by atoms with E-state index in [1.165, 1.54) is 16.3 Å². The molecule has 1 aromatic heterocycles. The summed E-state index contributed by atoms with van der Waals surface area (Å²) in [5, 5.41) is 2.41. The number of methoxy groups -OCH3 is 1. The van der Waals surface area contributed by atoms with Gasteiger partial charge < -0.3 is 4.74 Å². The molecule has 0 spiro atoms. The Labute approximate surface area is 83.5 Å². The van der Waals surface area contributed by atoms with Gasteiger partial charge in [0.05, 0.1) is 7.11 Å². The third kappa shape index (κ3) is 1.43. The molecule has 0 amide bonds. The summed E-state index contributed by atoms with van der Waals surface area (Å²) < 4.78 is 5.08. The van der Waals surface area contributed by atoms with Gasteiger partial charge in [0.1, 0.15) is 0 Å². The predicted molar refractivity (Wildman–Crippen MR) is 57.7 cm³/mol. The number of nitrogens with zero attached hydrogens (tertiary/aromatic N) is 1. The Morgan fingerprint density at radius 1 is 1.36 bits per heavy atom. The summed E-state index contributed by atoms with van der Waals surface area (Å²) in [6.07, 6.45) is 2.92. The van der Waals surface area contributed by atoms with E-state index in [-0.39, 0.29) is 0 Å². The molecule has 0 atom stereocenters. The SMILES string of the molecule is CCc1cccc2cc(OC)ncc12. The second-order valence-corrected chi connectivity index (χ2v) is 3.22. The fourth-order valence-electron chi connectivity index (χ4n) is 1.63. The molecule has 0 saturated heterocycles. The van der Waals surface area contributed by atoms with Crippen molar-refractivity contribution in [3.05, 3.63) is 36.0 Å². The Morgan fingerprint density at radius 2 is 2.21 bits per heavy atom. The van der Waals surface area contributed by atoms with E-state index in [1.807, 2.05) is 12.3 Å². The quantitative estimate of drug-likeness (QED) is 0.721. The van der Waals surface area contributed by atoms with Crippen molar-refractivity contribution >= 4 is 10.8 Å². The van der Waals surface area contributed by atoms with Crippen LogP contribution in [0.25, 0.3) is 10.8 Å². The minimum absolute atomic E-state index is 0.672. The molecular weight excluding hydrogens is 174 g/mol. The Morgan fingerprint density at radius 3 is 2.93 bits per heavy atom. The number of ether oxygens (including phenoxy) is 1. The van der Waals surface area contributed by atoms with Crippen molar-refractivity contribution in [3.63, 3.8) is 0 Å². The molecule has 0 N–H and O–H groups in total. The number of fused-ring (bicyclic) bond motifs is 1. The van der Waals surface area contributed by atoms with Crippen molar-refractivity contribution in [2.75, 3.05) is 7.11 Å². The van der Waals surface area contributed by atoms with Gasteiger partial charge in [-0.15, -0.1) is 0 Å². The molecule has 0 aliphatic carbocycles. The normalized spacial score (nSPS) is 10.4. The first kappa shape index (κ1) is 9.00. The summed E-state index contributed by atoms with van der Waals surface area (Å²) in [5.41, 5.74) is 1.33. The number of hydrogen-bond donors (Lipinski definition) is 0. The van der Waals surface area contributed by atoms with Crippen LogP contribution in [0.15, 0.2) is 30.5 Å². The zero-order valence-corrected chi connectivity index (χ0v) is 8.45. The van der Waals surface area contributed by atoms with Crippen LogP contribution >= 0.6 is 0 Å². The fourth-order valence-corrected chi connectivity index (χ4v) is 1.63. The van der Waals surface area contributed by atoms with Crippen LogP contribution in [0.4, 0.5) is 0 Å². The largest absolute Gasteiger partial charge is 0.481 e. The van der Waals surface area contributed by atoms with Crippen molar-refractivity contribution in [1.82, 2.24) is 4.98 Å². The summed E-state index contributed by atoms with van der Waals surface area (Å²) in [5.74, 6) is 0.672. The van der Waals surface area contributed by atoms with E-state index >= 15 is 0 Å². The summed E-state index contributed by atoms with van der Waals surface area (Å²) in [4.78, 5) is 4.21. The molecule has 2 aromatic rings. The third-order valence-electron chi connectivity index (χ3n) is 2.42. The van der Waals surface area contributed by atoms with E-state index in [0.29, 0.717) is 5.88 Å². The van der Waals surface area contributed by atoms with E-state index in [4.69, 9.17) is 4.74 Å². The number of aromatic nitrogens is 1. The number of aryl methyl sites for hydroxylation is 1. The molecule has 0 bridgehead atoms. The Hall–Kier alpha value is -1.57. The molecule has 2 heteroatoms. The lowest BCUT2D eigenvalue weighted by Gasteiger charge is -2.04. The molecule has 0 aliphatic heterocycles. The summed E-state index contributed by atoms with van der Waals surface area (Å²) in [7, 11) is 1.64. The second kappa shape index (κ2) is 3.66. The van der Waals surface area contributed by atoms with Crippen LogP contribution < -0.4 is 4.74 Å². The molecule has 0 radical (unpaired) electrons. The highest BCUT2D eigenvalue weighted by Crippen LogP contribution is 2.21. The van der Waals surface area contributed by atoms with Crippen molar-refractivity contribution in [2.45, 2.75) is 13.3 Å². The molecule has 0 unspecified atom stereocenters. The summed E-state index contributed by atoms with van der Waals surface area (Å²) in [6, 6.07) is 8.25. The van der Waals surface area contributed by atoms with Gasteiger partial charge in [-0.3, -0.25) is 0 Å². The summed E-state index contributed by atoms with van der Waals surface area (Å²) in [6.45, 7) is 2.15. The average molecular weight is 187 g/mol. The number of pyridine rings is 1. The van der Waals surface area contributed by atoms with Gasteiger partial charge in [0.2, 0.25) is 5.88 Å². The van der Waals surface area contributed by atoms with Crippen LogP contribution in [0.3, 0.4) is 0 Å². The maximum absolute atomic E-state index is 5.08. The van der Waals surface area contributed by atoms with Gasteiger partial charge >= 0.3 is 0 Å². The smallest absolute Gasteiger partial charge is 0.213 e. The molecule has 0 aliphatic rings. The topological polar surface area (TPSA) is 22.1 Å². The molecule has 0 saturated carbocycles. The van der Waals surface area contributed by atoms with E-state index < -0.39 is 0 Å². The van der Waals surface area contributed by atoms with Crippen molar-refractivity contribution in [1.29, 1.82) is 0 Å². The number of hydrogen-bond acceptors (Lipinski definition) is 2. The van der Waals surface area contributed by atoms with Crippen molar-refractivity contribution in [3.8, 4) is 5.88 Å². The lowest BCUT2D eigenvalue weighted by atomic mass is 10.1. The van der Waals surface area contributed by atoms with Gasteiger partial charge in [0.25, 0.3) is 0 Å². The Bertz CT molecular complexity index is 451. The highest BCUT2D eigenvalue weighted by atomic mass is 16.5. The second-order valence-electron chi connectivity index (χ2n) is 3.22. The molecule has 72 valence electrons. The van der Waals surface area contributed by atoms with E-state index in [1.54, 1.807) is 7.11 Å². The standard InChI is InChI=1S/C12H13NO/c1-3-9-5-4-6-10-7-12(14-2)13-8-11(9)10/h4-8H,3H2,1-2H3. The van der Waals surface area contributed by atoms with Crippen molar-refractivity contribution < 1.29 is 4.74 Å². The average Bonchev–Trinajstić information content (AvgIpc) is 2.27.